The summed E-state index contributed by atoms with van der Waals surface area (Å²) >= 11 is 3.52. The van der Waals surface area contributed by atoms with Crippen LogP contribution in [0.4, 0.5) is 11.4 Å². The number of carbonyl (C=O) groups is 3. The number of nitrogens with two attached hydrogens (primary N) is 1. The lowest BCUT2D eigenvalue weighted by molar-refractivity contribution is -0.133. The highest BCUT2D eigenvalue weighted by atomic mass is 79.9. The maximum atomic E-state index is 14.7. The van der Waals surface area contributed by atoms with Crippen molar-refractivity contribution >= 4 is 55.8 Å². The van der Waals surface area contributed by atoms with E-state index in [4.69, 9.17) is 10.5 Å². The van der Waals surface area contributed by atoms with E-state index >= 15 is 0 Å². The summed E-state index contributed by atoms with van der Waals surface area (Å²) in [5.41, 5.74) is 6.63. The van der Waals surface area contributed by atoms with Gasteiger partial charge in [0.2, 0.25) is 11.8 Å². The molecule has 3 amide bonds. The number of methoxy groups -OCH3 is 1. The maximum absolute atomic E-state index is 14.7. The molecule has 4 aromatic rings. The smallest absolute Gasteiger partial charge is 0.258 e. The first-order valence-electron chi connectivity index (χ1n) is 14.0. The predicted molar refractivity (Wildman–Crippen MR) is 174 cm³/mol. The highest BCUT2D eigenvalue weighted by Crippen LogP contribution is 2.41. The molecule has 1 aliphatic heterocycles. The number of primary amides is 1. The lowest BCUT2D eigenvalue weighted by atomic mass is 9.83. The van der Waals surface area contributed by atoms with Crippen LogP contribution in [-0.4, -0.2) is 44.0 Å². The van der Waals surface area contributed by atoms with Crippen molar-refractivity contribution in [1.29, 1.82) is 10.5 Å². The molecule has 0 bridgehead atoms. The molecule has 0 saturated heterocycles. The quantitative estimate of drug-likeness (QED) is 0.292. The Bertz CT molecular complexity index is 1930. The van der Waals surface area contributed by atoms with Gasteiger partial charge in [0, 0.05) is 22.1 Å². The first kappa shape index (κ1) is 31.2. The van der Waals surface area contributed by atoms with Gasteiger partial charge in [0.1, 0.15) is 11.3 Å². The van der Waals surface area contributed by atoms with Crippen molar-refractivity contribution in [3.8, 4) is 17.9 Å². The highest BCUT2D eigenvalue weighted by Gasteiger charge is 2.49. The summed E-state index contributed by atoms with van der Waals surface area (Å²) in [5, 5.41) is 23.8. The third-order valence-electron chi connectivity index (χ3n) is 8.44. The zero-order chi connectivity index (χ0) is 32.5. The molecule has 1 aliphatic rings. The fourth-order valence-electron chi connectivity index (χ4n) is 5.66. The number of carbonyl (C=O) groups excluding carboxylic acids is 3. The number of amides is 3. The van der Waals surface area contributed by atoms with E-state index in [1.807, 2.05) is 36.4 Å². The van der Waals surface area contributed by atoms with Gasteiger partial charge in [-0.2, -0.15) is 10.5 Å². The molecular weight excluding hydrogens is 636 g/mol. The van der Waals surface area contributed by atoms with Crippen molar-refractivity contribution in [2.24, 2.45) is 11.7 Å². The Morgan fingerprint density at radius 3 is 2.33 bits per heavy atom. The Balaban J connectivity index is 1.76. The molecule has 5 rings (SSSR count). The minimum Gasteiger partial charge on any atom is -0.496 e. The van der Waals surface area contributed by atoms with Crippen molar-refractivity contribution in [1.82, 2.24) is 5.32 Å². The maximum Gasteiger partial charge on any atom is 0.258 e. The summed E-state index contributed by atoms with van der Waals surface area (Å²) in [6.07, 6.45) is 0. The van der Waals surface area contributed by atoms with Crippen LogP contribution in [0.1, 0.15) is 34.0 Å². The van der Waals surface area contributed by atoms with Gasteiger partial charge in [-0.15, -0.1) is 0 Å². The summed E-state index contributed by atoms with van der Waals surface area (Å²) in [7, 11) is 3.08. The van der Waals surface area contributed by atoms with Crippen molar-refractivity contribution in [2.45, 2.75) is 19.0 Å². The van der Waals surface area contributed by atoms with Crippen molar-refractivity contribution in [2.75, 3.05) is 30.5 Å². The van der Waals surface area contributed by atoms with Crippen LogP contribution < -0.4 is 25.6 Å². The van der Waals surface area contributed by atoms with Crippen LogP contribution in [0.5, 0.6) is 5.75 Å². The normalized spacial score (nSPS) is 15.8. The largest absolute Gasteiger partial charge is 0.496 e. The van der Waals surface area contributed by atoms with Gasteiger partial charge in [-0.05, 0) is 85.4 Å². The number of nitrogens with one attached hydrogen (secondary N) is 1. The molecular formula is C34H29BrN6O4. The van der Waals surface area contributed by atoms with E-state index in [1.54, 1.807) is 25.3 Å². The van der Waals surface area contributed by atoms with E-state index in [9.17, 15) is 24.9 Å². The van der Waals surface area contributed by atoms with Gasteiger partial charge < -0.3 is 25.6 Å². The van der Waals surface area contributed by atoms with Crippen LogP contribution in [0, 0.1) is 28.6 Å². The number of nitrogens with zero attached hydrogens (tertiary/aromatic N) is 4. The molecule has 0 spiro atoms. The molecule has 4 aromatic carbocycles. The lowest BCUT2D eigenvalue weighted by Gasteiger charge is -2.36. The average Bonchev–Trinajstić information content (AvgIpc) is 3.17. The Morgan fingerprint density at radius 1 is 1.02 bits per heavy atom. The molecule has 11 heteroatoms. The van der Waals surface area contributed by atoms with Crippen LogP contribution in [0.2, 0.25) is 0 Å². The summed E-state index contributed by atoms with van der Waals surface area (Å²) < 4.78 is 6.62. The first-order valence-corrected chi connectivity index (χ1v) is 14.8. The molecule has 10 nitrogen and oxygen atoms in total. The van der Waals surface area contributed by atoms with Crippen LogP contribution in [0.25, 0.3) is 10.8 Å². The van der Waals surface area contributed by atoms with Gasteiger partial charge in [-0.1, -0.05) is 28.1 Å². The molecule has 1 heterocycles. The van der Waals surface area contributed by atoms with E-state index in [-0.39, 0.29) is 24.2 Å². The molecule has 0 aromatic heterocycles. The summed E-state index contributed by atoms with van der Waals surface area (Å²) in [5.74, 6) is -2.31. The molecule has 0 aliphatic carbocycles. The Morgan fingerprint density at radius 2 is 1.71 bits per heavy atom. The first-order chi connectivity index (χ1) is 21.6. The summed E-state index contributed by atoms with van der Waals surface area (Å²) in [6, 6.07) is 24.6. The lowest BCUT2D eigenvalue weighted by Crippen LogP contribution is -2.63. The van der Waals surface area contributed by atoms with Gasteiger partial charge in [0.25, 0.3) is 5.91 Å². The minimum atomic E-state index is -1.56. The second-order valence-electron chi connectivity index (χ2n) is 10.8. The number of hydrogen-bond acceptors (Lipinski definition) is 7. The molecule has 226 valence electrons. The Hall–Kier alpha value is -5.23. The van der Waals surface area contributed by atoms with E-state index < -0.39 is 29.2 Å². The number of likely N-dealkylation sites (N-methyl/N-ethyl adjacent to an activating group) is 1. The minimum absolute atomic E-state index is 0.0217. The topological polar surface area (TPSA) is 153 Å². The zero-order valence-electron chi connectivity index (χ0n) is 24.8. The SMILES string of the molecule is CNC(C)(C(N)=O)[C@@H]1CN(C(=O)c2ccc(C#N)cc2)c2cc(C#N)ccc2N(Cc2c(OC)ccc3cc(Br)ccc23)C1=O. The third kappa shape index (κ3) is 5.60. The average molecular weight is 666 g/mol. The second kappa shape index (κ2) is 12.4. The number of ether oxygens (including phenoxy) is 1. The van der Waals surface area contributed by atoms with Gasteiger partial charge in [0.15, 0.2) is 0 Å². The van der Waals surface area contributed by atoms with E-state index in [2.05, 4.69) is 27.3 Å². The van der Waals surface area contributed by atoms with Gasteiger partial charge >= 0.3 is 0 Å². The number of benzene rings is 4. The fraction of sp³-hybridized carbons (Fsp3) is 0.206. The fourth-order valence-corrected chi connectivity index (χ4v) is 6.04. The number of hydrogen-bond donors (Lipinski definition) is 2. The van der Waals surface area contributed by atoms with Crippen molar-refractivity contribution in [3.05, 3.63) is 99.5 Å². The van der Waals surface area contributed by atoms with Crippen LogP contribution >= 0.6 is 15.9 Å². The molecule has 2 atom stereocenters. The van der Waals surface area contributed by atoms with Crippen molar-refractivity contribution in [3.63, 3.8) is 0 Å². The molecule has 1 unspecified atom stereocenters. The molecule has 45 heavy (non-hydrogen) atoms. The summed E-state index contributed by atoms with van der Waals surface area (Å²) in [4.78, 5) is 44.8. The zero-order valence-corrected chi connectivity index (χ0v) is 26.4. The summed E-state index contributed by atoms with van der Waals surface area (Å²) in [6.45, 7) is 1.33. The Labute approximate surface area is 268 Å². The number of halogens is 1. The van der Waals surface area contributed by atoms with Crippen LogP contribution in [0.15, 0.2) is 77.3 Å². The third-order valence-corrected chi connectivity index (χ3v) is 8.93. The highest BCUT2D eigenvalue weighted by molar-refractivity contribution is 9.10. The van der Waals surface area contributed by atoms with E-state index in [0.717, 1.165) is 15.2 Å². The number of rotatable bonds is 7. The molecule has 0 radical (unpaired) electrons. The van der Waals surface area contributed by atoms with Gasteiger partial charge in [0.05, 0.1) is 54.2 Å². The monoisotopic (exact) mass is 664 g/mol. The standard InChI is InChI=1S/C34H29BrN6O4/c1-34(39-2,33(38)44)27-19-41(31(42)22-7-4-20(16-36)5-8-22)29-14-21(17-37)6-12-28(29)40(32(27)43)18-26-25-11-10-24(35)15-23(25)9-13-30(26)45-3/h4-15,27,39H,18-19H2,1-3H3,(H2,38,44)/t27-,34?/m1/s1. The predicted octanol–water partition coefficient (Wildman–Crippen LogP) is 4.63. The second-order valence-corrected chi connectivity index (χ2v) is 11.7. The van der Waals surface area contributed by atoms with Crippen LogP contribution in [0.3, 0.4) is 0 Å². The van der Waals surface area contributed by atoms with Crippen LogP contribution in [-0.2, 0) is 16.1 Å². The Kier molecular flexibility index (Phi) is 8.60. The van der Waals surface area contributed by atoms with E-state index in [1.165, 1.54) is 48.0 Å². The van der Waals surface area contributed by atoms with Crippen molar-refractivity contribution < 1.29 is 19.1 Å². The van der Waals surface area contributed by atoms with Gasteiger partial charge in [-0.3, -0.25) is 14.4 Å². The molecule has 3 N–H and O–H groups in total. The molecule has 0 saturated carbocycles. The number of anilines is 2. The van der Waals surface area contributed by atoms with Gasteiger partial charge in [-0.25, -0.2) is 0 Å². The number of fused-ring (bicyclic) bond motifs is 2. The number of nitriles is 2. The molecule has 0 fully saturated rings. The van der Waals surface area contributed by atoms with E-state index in [0.29, 0.717) is 28.3 Å².